The SMILES string of the molecule is CC(C)CCN1C(C(=O)O)CN(C)S1(=O)=O. The molecule has 7 heteroatoms. The van der Waals surface area contributed by atoms with Gasteiger partial charge < -0.3 is 5.11 Å². The zero-order valence-corrected chi connectivity index (χ0v) is 10.6. The molecule has 16 heavy (non-hydrogen) atoms. The lowest BCUT2D eigenvalue weighted by atomic mass is 10.1. The van der Waals surface area contributed by atoms with E-state index >= 15 is 0 Å². The van der Waals surface area contributed by atoms with Gasteiger partial charge in [-0.05, 0) is 12.3 Å². The first kappa shape index (κ1) is 13.4. The van der Waals surface area contributed by atoms with E-state index in [1.54, 1.807) is 0 Å². The van der Waals surface area contributed by atoms with Crippen LogP contribution in [-0.2, 0) is 15.0 Å². The molecule has 1 fully saturated rings. The molecule has 1 rings (SSSR count). The summed E-state index contributed by atoms with van der Waals surface area (Å²) in [5.74, 6) is -0.743. The number of hydrogen-bond acceptors (Lipinski definition) is 3. The van der Waals surface area contributed by atoms with E-state index in [0.717, 1.165) is 8.61 Å². The Kier molecular flexibility index (Phi) is 3.92. The molecule has 1 aliphatic rings. The van der Waals surface area contributed by atoms with Crippen LogP contribution in [0.4, 0.5) is 0 Å². The van der Waals surface area contributed by atoms with Gasteiger partial charge in [-0.3, -0.25) is 4.79 Å². The van der Waals surface area contributed by atoms with Crippen LogP contribution >= 0.6 is 0 Å². The van der Waals surface area contributed by atoms with Crippen LogP contribution in [0.15, 0.2) is 0 Å². The average Bonchev–Trinajstić information content (AvgIpc) is 2.35. The van der Waals surface area contributed by atoms with E-state index in [1.165, 1.54) is 7.05 Å². The predicted octanol–water partition coefficient (Wildman–Crippen LogP) is -0.0221. The minimum absolute atomic E-state index is 0.0236. The van der Waals surface area contributed by atoms with Gasteiger partial charge >= 0.3 is 5.97 Å². The smallest absolute Gasteiger partial charge is 0.323 e. The third kappa shape index (κ3) is 2.53. The largest absolute Gasteiger partial charge is 0.480 e. The van der Waals surface area contributed by atoms with Crippen molar-refractivity contribution in [2.45, 2.75) is 26.3 Å². The monoisotopic (exact) mass is 250 g/mol. The molecule has 0 aliphatic carbocycles. The van der Waals surface area contributed by atoms with Gasteiger partial charge in [-0.2, -0.15) is 17.0 Å². The van der Waals surface area contributed by atoms with Crippen LogP contribution < -0.4 is 0 Å². The lowest BCUT2D eigenvalue weighted by Gasteiger charge is -2.19. The van der Waals surface area contributed by atoms with Gasteiger partial charge in [-0.1, -0.05) is 13.8 Å². The molecule has 0 bridgehead atoms. The molecule has 94 valence electrons. The molecule has 1 saturated heterocycles. The van der Waals surface area contributed by atoms with Crippen molar-refractivity contribution in [1.82, 2.24) is 8.61 Å². The van der Waals surface area contributed by atoms with Crippen LogP contribution in [-0.4, -0.2) is 54.3 Å². The van der Waals surface area contributed by atoms with E-state index < -0.39 is 22.2 Å². The number of rotatable bonds is 4. The second kappa shape index (κ2) is 4.68. The van der Waals surface area contributed by atoms with Crippen LogP contribution in [0.3, 0.4) is 0 Å². The first-order valence-corrected chi connectivity index (χ1v) is 6.62. The molecule has 0 amide bonds. The summed E-state index contributed by atoms with van der Waals surface area (Å²) in [4.78, 5) is 11.0. The Bertz CT molecular complexity index is 366. The third-order valence-electron chi connectivity index (χ3n) is 2.68. The molecule has 0 aromatic rings. The van der Waals surface area contributed by atoms with Crippen LogP contribution in [0.2, 0.25) is 0 Å². The maximum Gasteiger partial charge on any atom is 0.323 e. The fourth-order valence-corrected chi connectivity index (χ4v) is 3.13. The lowest BCUT2D eigenvalue weighted by Crippen LogP contribution is -2.40. The van der Waals surface area contributed by atoms with Crippen LogP contribution in [0.5, 0.6) is 0 Å². The summed E-state index contributed by atoms with van der Waals surface area (Å²) in [5, 5.41) is 8.97. The molecular formula is C9H18N2O4S. The number of hydrogen-bond donors (Lipinski definition) is 1. The zero-order valence-electron chi connectivity index (χ0n) is 9.75. The maximum atomic E-state index is 11.8. The number of aliphatic carboxylic acids is 1. The van der Waals surface area contributed by atoms with Crippen LogP contribution in [0.25, 0.3) is 0 Å². The molecule has 1 heterocycles. The van der Waals surface area contributed by atoms with Gasteiger partial charge in [-0.25, -0.2) is 0 Å². The summed E-state index contributed by atoms with van der Waals surface area (Å²) >= 11 is 0. The first-order chi connectivity index (χ1) is 7.26. The molecular weight excluding hydrogens is 232 g/mol. The highest BCUT2D eigenvalue weighted by atomic mass is 32.2. The zero-order chi connectivity index (χ0) is 12.5. The highest BCUT2D eigenvalue weighted by Crippen LogP contribution is 2.22. The molecule has 0 aromatic carbocycles. The fraction of sp³-hybridized carbons (Fsp3) is 0.889. The van der Waals surface area contributed by atoms with Gasteiger partial charge in [0.15, 0.2) is 0 Å². The highest BCUT2D eigenvalue weighted by Gasteiger charge is 2.45. The van der Waals surface area contributed by atoms with E-state index in [4.69, 9.17) is 5.11 Å². The van der Waals surface area contributed by atoms with E-state index in [2.05, 4.69) is 0 Å². The Morgan fingerprint density at radius 3 is 2.50 bits per heavy atom. The van der Waals surface area contributed by atoms with E-state index in [0.29, 0.717) is 12.3 Å². The molecule has 0 saturated carbocycles. The number of carbonyl (C=O) groups is 1. The van der Waals surface area contributed by atoms with Gasteiger partial charge in [0.25, 0.3) is 10.2 Å². The van der Waals surface area contributed by atoms with E-state index in [1.807, 2.05) is 13.8 Å². The van der Waals surface area contributed by atoms with Gasteiger partial charge in [0.05, 0.1) is 0 Å². The Hall–Kier alpha value is -0.660. The molecule has 0 spiro atoms. The number of nitrogens with zero attached hydrogens (tertiary/aromatic N) is 2. The number of carboxylic acid groups (broad SMARTS) is 1. The summed E-state index contributed by atoms with van der Waals surface area (Å²) in [7, 11) is -2.17. The summed E-state index contributed by atoms with van der Waals surface area (Å²) in [5.41, 5.74) is 0. The van der Waals surface area contributed by atoms with Crippen molar-refractivity contribution in [3.05, 3.63) is 0 Å². The molecule has 6 nitrogen and oxygen atoms in total. The standard InChI is InChI=1S/C9H18N2O4S/c1-7(2)4-5-11-8(9(12)13)6-10(3)16(11,14)15/h7-8H,4-6H2,1-3H3,(H,12,13). The van der Waals surface area contributed by atoms with Crippen molar-refractivity contribution in [1.29, 1.82) is 0 Å². The van der Waals surface area contributed by atoms with Crippen molar-refractivity contribution in [2.75, 3.05) is 20.1 Å². The minimum atomic E-state index is -3.57. The van der Waals surface area contributed by atoms with Crippen molar-refractivity contribution < 1.29 is 18.3 Å². The molecule has 0 radical (unpaired) electrons. The van der Waals surface area contributed by atoms with Gasteiger partial charge in [0, 0.05) is 20.1 Å². The van der Waals surface area contributed by atoms with Crippen molar-refractivity contribution in [3.63, 3.8) is 0 Å². The highest BCUT2D eigenvalue weighted by molar-refractivity contribution is 7.87. The third-order valence-corrected chi connectivity index (χ3v) is 4.65. The Labute approximate surface area is 96.0 Å². The predicted molar refractivity (Wildman–Crippen MR) is 59.1 cm³/mol. The minimum Gasteiger partial charge on any atom is -0.480 e. The summed E-state index contributed by atoms with van der Waals surface area (Å²) in [6, 6.07) is -0.950. The van der Waals surface area contributed by atoms with Crippen molar-refractivity contribution >= 4 is 16.2 Å². The van der Waals surface area contributed by atoms with E-state index in [9.17, 15) is 13.2 Å². The number of carboxylic acids is 1. The second-order valence-corrected chi connectivity index (χ2v) is 6.42. The Balaban J connectivity index is 2.86. The normalized spacial score (nSPS) is 26.4. The van der Waals surface area contributed by atoms with E-state index in [-0.39, 0.29) is 13.1 Å². The van der Waals surface area contributed by atoms with Crippen molar-refractivity contribution in [3.8, 4) is 0 Å². The molecule has 0 aromatic heterocycles. The van der Waals surface area contributed by atoms with Gasteiger partial charge in [-0.15, -0.1) is 0 Å². The first-order valence-electron chi connectivity index (χ1n) is 5.22. The topological polar surface area (TPSA) is 77.9 Å². The Morgan fingerprint density at radius 1 is 1.50 bits per heavy atom. The van der Waals surface area contributed by atoms with Gasteiger partial charge in [0.1, 0.15) is 6.04 Å². The summed E-state index contributed by atoms with van der Waals surface area (Å²) < 4.78 is 25.8. The second-order valence-electron chi connectivity index (χ2n) is 4.44. The molecule has 1 N–H and O–H groups in total. The van der Waals surface area contributed by atoms with Crippen LogP contribution in [0.1, 0.15) is 20.3 Å². The lowest BCUT2D eigenvalue weighted by molar-refractivity contribution is -0.141. The summed E-state index contributed by atoms with van der Waals surface area (Å²) in [6.07, 6.45) is 0.664. The molecule has 1 aliphatic heterocycles. The Morgan fingerprint density at radius 2 is 2.06 bits per heavy atom. The maximum absolute atomic E-state index is 11.8. The molecule has 1 atom stereocenters. The average molecular weight is 250 g/mol. The number of likely N-dealkylation sites (N-methyl/N-ethyl adjacent to an activating group) is 1. The quantitative estimate of drug-likeness (QED) is 0.760. The summed E-state index contributed by atoms with van der Waals surface area (Å²) in [6.45, 7) is 4.24. The fourth-order valence-electron chi connectivity index (χ4n) is 1.63. The van der Waals surface area contributed by atoms with Crippen molar-refractivity contribution in [2.24, 2.45) is 5.92 Å². The van der Waals surface area contributed by atoms with Crippen LogP contribution in [0, 0.1) is 5.92 Å². The molecule has 1 unspecified atom stereocenters. The van der Waals surface area contributed by atoms with Gasteiger partial charge in [0.2, 0.25) is 0 Å².